The molecule has 0 spiro atoms. The van der Waals surface area contributed by atoms with Gasteiger partial charge in [0.25, 0.3) is 0 Å². The summed E-state index contributed by atoms with van der Waals surface area (Å²) in [5.41, 5.74) is 0.479. The zero-order chi connectivity index (χ0) is 14.9. The van der Waals surface area contributed by atoms with E-state index in [0.29, 0.717) is 28.1 Å². The number of piperazine rings is 1. The number of carbonyl (C=O) groups excluding carboxylic acids is 2. The quantitative estimate of drug-likeness (QED) is 0.932. The van der Waals surface area contributed by atoms with Crippen molar-refractivity contribution in [1.29, 1.82) is 0 Å². The molecule has 6 heteroatoms. The molecule has 1 aromatic rings. The summed E-state index contributed by atoms with van der Waals surface area (Å²) >= 11 is 12.1. The van der Waals surface area contributed by atoms with Gasteiger partial charge in [-0.3, -0.25) is 14.5 Å². The van der Waals surface area contributed by atoms with E-state index >= 15 is 0 Å². The van der Waals surface area contributed by atoms with Gasteiger partial charge in [0.15, 0.2) is 0 Å². The van der Waals surface area contributed by atoms with Gasteiger partial charge in [-0.1, -0.05) is 43.1 Å². The molecule has 1 N–H and O–H groups in total. The zero-order valence-corrected chi connectivity index (χ0v) is 12.8. The number of hydrogen-bond donors (Lipinski definition) is 1. The Hall–Kier alpha value is -1.26. The van der Waals surface area contributed by atoms with Crippen LogP contribution in [0, 0.1) is 5.92 Å². The summed E-state index contributed by atoms with van der Waals surface area (Å²) in [6.07, 6.45) is 0.596. The maximum absolute atomic E-state index is 12.5. The van der Waals surface area contributed by atoms with Gasteiger partial charge >= 0.3 is 0 Å². The van der Waals surface area contributed by atoms with Gasteiger partial charge < -0.3 is 5.32 Å². The second-order valence-corrected chi connectivity index (χ2v) is 6.03. The first kappa shape index (κ1) is 15.1. The SMILES string of the molecule is CC(C)CC1NC(=O)CN(c2cccc(Cl)c2Cl)C1=O. The second-order valence-electron chi connectivity index (χ2n) is 5.25. The fourth-order valence-corrected chi connectivity index (χ4v) is 2.64. The number of anilines is 1. The maximum Gasteiger partial charge on any atom is 0.250 e. The molecule has 108 valence electrons. The molecule has 1 fully saturated rings. The Labute approximate surface area is 128 Å². The van der Waals surface area contributed by atoms with Gasteiger partial charge in [0, 0.05) is 0 Å². The number of amides is 2. The lowest BCUT2D eigenvalue weighted by atomic mass is 10.0. The lowest BCUT2D eigenvalue weighted by molar-refractivity contribution is -0.131. The highest BCUT2D eigenvalue weighted by atomic mass is 35.5. The van der Waals surface area contributed by atoms with Crippen LogP contribution in [-0.2, 0) is 9.59 Å². The van der Waals surface area contributed by atoms with Crippen molar-refractivity contribution in [2.45, 2.75) is 26.3 Å². The van der Waals surface area contributed by atoms with Crippen molar-refractivity contribution in [1.82, 2.24) is 5.32 Å². The van der Waals surface area contributed by atoms with Gasteiger partial charge in [-0.15, -0.1) is 0 Å². The molecule has 1 unspecified atom stereocenters. The fourth-order valence-electron chi connectivity index (χ4n) is 2.25. The van der Waals surface area contributed by atoms with Crippen molar-refractivity contribution in [2.24, 2.45) is 5.92 Å². The molecule has 4 nitrogen and oxygen atoms in total. The fraction of sp³-hybridized carbons (Fsp3) is 0.429. The average Bonchev–Trinajstić information content (AvgIpc) is 2.36. The average molecular weight is 315 g/mol. The van der Waals surface area contributed by atoms with E-state index in [1.807, 2.05) is 13.8 Å². The van der Waals surface area contributed by atoms with Gasteiger partial charge in [-0.2, -0.15) is 0 Å². The van der Waals surface area contributed by atoms with Crippen LogP contribution in [-0.4, -0.2) is 24.4 Å². The summed E-state index contributed by atoms with van der Waals surface area (Å²) in [6, 6.07) is 4.54. The molecule has 0 aliphatic carbocycles. The molecule has 0 bridgehead atoms. The lowest BCUT2D eigenvalue weighted by Crippen LogP contribution is -2.58. The maximum atomic E-state index is 12.5. The van der Waals surface area contributed by atoms with Crippen LogP contribution in [0.25, 0.3) is 0 Å². The van der Waals surface area contributed by atoms with E-state index < -0.39 is 6.04 Å². The topological polar surface area (TPSA) is 49.4 Å². The molecule has 2 amide bonds. The summed E-state index contributed by atoms with van der Waals surface area (Å²) in [6.45, 7) is 3.98. The molecular formula is C14H16Cl2N2O2. The van der Waals surface area contributed by atoms with Gasteiger partial charge in [0.2, 0.25) is 11.8 Å². The number of carbonyl (C=O) groups is 2. The first-order chi connectivity index (χ1) is 9.40. The highest BCUT2D eigenvalue weighted by Gasteiger charge is 2.34. The standard InChI is InChI=1S/C14H16Cl2N2O2/c1-8(2)6-10-14(20)18(7-12(19)17-10)11-5-3-4-9(15)13(11)16/h3-5,8,10H,6-7H2,1-2H3,(H,17,19). The normalized spacial score (nSPS) is 19.4. The molecule has 0 saturated carbocycles. The molecule has 0 aromatic heterocycles. The molecule has 1 aliphatic rings. The van der Waals surface area contributed by atoms with Crippen LogP contribution in [0.4, 0.5) is 5.69 Å². The number of hydrogen-bond acceptors (Lipinski definition) is 2. The number of halogens is 2. The smallest absolute Gasteiger partial charge is 0.250 e. The minimum atomic E-state index is -0.508. The van der Waals surface area contributed by atoms with E-state index in [9.17, 15) is 9.59 Å². The summed E-state index contributed by atoms with van der Waals surface area (Å²) in [7, 11) is 0. The van der Waals surface area contributed by atoms with Crippen molar-refractivity contribution >= 4 is 40.7 Å². The summed E-state index contributed by atoms with van der Waals surface area (Å²) in [5.74, 6) is -0.0345. The Morgan fingerprint density at radius 3 is 2.70 bits per heavy atom. The van der Waals surface area contributed by atoms with Gasteiger partial charge in [0.05, 0.1) is 15.7 Å². The lowest BCUT2D eigenvalue weighted by Gasteiger charge is -2.33. The molecule has 2 rings (SSSR count). The minimum Gasteiger partial charge on any atom is -0.343 e. The van der Waals surface area contributed by atoms with Crippen molar-refractivity contribution in [3.8, 4) is 0 Å². The Morgan fingerprint density at radius 1 is 1.35 bits per heavy atom. The van der Waals surface area contributed by atoms with E-state index in [2.05, 4.69) is 5.32 Å². The van der Waals surface area contributed by atoms with Gasteiger partial charge in [0.1, 0.15) is 12.6 Å². The van der Waals surface area contributed by atoms with Crippen molar-refractivity contribution in [2.75, 3.05) is 11.4 Å². The van der Waals surface area contributed by atoms with E-state index in [1.54, 1.807) is 18.2 Å². The first-order valence-electron chi connectivity index (χ1n) is 6.45. The number of benzene rings is 1. The predicted octanol–water partition coefficient (Wildman–Crippen LogP) is 2.87. The largest absolute Gasteiger partial charge is 0.343 e. The Morgan fingerprint density at radius 2 is 2.05 bits per heavy atom. The highest BCUT2D eigenvalue weighted by Crippen LogP contribution is 2.33. The van der Waals surface area contributed by atoms with Crippen LogP contribution in [0.3, 0.4) is 0 Å². The third kappa shape index (κ3) is 3.07. The Balaban J connectivity index is 2.32. The predicted molar refractivity (Wildman–Crippen MR) is 80.2 cm³/mol. The molecule has 1 aliphatic heterocycles. The molecule has 0 radical (unpaired) electrons. The van der Waals surface area contributed by atoms with Crippen LogP contribution < -0.4 is 10.2 Å². The van der Waals surface area contributed by atoms with Crippen LogP contribution in [0.5, 0.6) is 0 Å². The third-order valence-corrected chi connectivity index (χ3v) is 3.94. The van der Waals surface area contributed by atoms with E-state index in [0.717, 1.165) is 0 Å². The Bertz CT molecular complexity index is 546. The van der Waals surface area contributed by atoms with Crippen LogP contribution >= 0.6 is 23.2 Å². The number of nitrogens with zero attached hydrogens (tertiary/aromatic N) is 1. The van der Waals surface area contributed by atoms with Crippen LogP contribution in [0.2, 0.25) is 10.0 Å². The number of rotatable bonds is 3. The molecular weight excluding hydrogens is 299 g/mol. The van der Waals surface area contributed by atoms with E-state index in [4.69, 9.17) is 23.2 Å². The summed E-state index contributed by atoms with van der Waals surface area (Å²) in [4.78, 5) is 25.7. The minimum absolute atomic E-state index is 0.0342. The summed E-state index contributed by atoms with van der Waals surface area (Å²) < 4.78 is 0. The highest BCUT2D eigenvalue weighted by molar-refractivity contribution is 6.44. The molecule has 1 saturated heterocycles. The van der Waals surface area contributed by atoms with Gasteiger partial charge in [-0.05, 0) is 24.5 Å². The second kappa shape index (κ2) is 6.02. The van der Waals surface area contributed by atoms with Crippen molar-refractivity contribution in [3.63, 3.8) is 0 Å². The van der Waals surface area contributed by atoms with Crippen molar-refractivity contribution < 1.29 is 9.59 Å². The molecule has 1 atom stereocenters. The van der Waals surface area contributed by atoms with E-state index in [1.165, 1.54) is 4.90 Å². The van der Waals surface area contributed by atoms with Crippen LogP contribution in [0.15, 0.2) is 18.2 Å². The molecule has 20 heavy (non-hydrogen) atoms. The Kier molecular flexibility index (Phi) is 4.55. The molecule has 1 aromatic carbocycles. The van der Waals surface area contributed by atoms with Crippen LogP contribution in [0.1, 0.15) is 20.3 Å². The monoisotopic (exact) mass is 314 g/mol. The third-order valence-electron chi connectivity index (χ3n) is 3.13. The van der Waals surface area contributed by atoms with Gasteiger partial charge in [-0.25, -0.2) is 0 Å². The van der Waals surface area contributed by atoms with Crippen molar-refractivity contribution in [3.05, 3.63) is 28.2 Å². The first-order valence-corrected chi connectivity index (χ1v) is 7.20. The summed E-state index contributed by atoms with van der Waals surface area (Å²) in [5, 5.41) is 3.38. The number of nitrogens with one attached hydrogen (secondary N) is 1. The molecule has 1 heterocycles. The zero-order valence-electron chi connectivity index (χ0n) is 11.3. The van der Waals surface area contributed by atoms with E-state index in [-0.39, 0.29) is 18.4 Å².